The third-order valence-corrected chi connectivity index (χ3v) is 8.39. The fraction of sp³-hybridized carbons (Fsp3) is 0.343. The number of aliphatic hydroxyl groups excluding tert-OH is 1. The second kappa shape index (κ2) is 14.0. The van der Waals surface area contributed by atoms with Gasteiger partial charge in [-0.25, -0.2) is 4.98 Å². The lowest BCUT2D eigenvalue weighted by Crippen LogP contribution is -2.29. The van der Waals surface area contributed by atoms with Crippen LogP contribution in [0.3, 0.4) is 0 Å². The van der Waals surface area contributed by atoms with Crippen molar-refractivity contribution in [3.05, 3.63) is 77.4 Å². The van der Waals surface area contributed by atoms with Crippen LogP contribution < -0.4 is 23.8 Å². The van der Waals surface area contributed by atoms with Gasteiger partial charge in [0, 0.05) is 5.56 Å². The van der Waals surface area contributed by atoms with Crippen LogP contribution >= 0.6 is 11.3 Å². The minimum absolute atomic E-state index is 0.0463. The van der Waals surface area contributed by atoms with E-state index in [1.807, 2.05) is 19.9 Å². The summed E-state index contributed by atoms with van der Waals surface area (Å²) in [7, 11) is 1.58. The number of hydrogen-bond acceptors (Lipinski definition) is 9. The zero-order chi connectivity index (χ0) is 32.1. The maximum absolute atomic E-state index is 13.8. The van der Waals surface area contributed by atoms with Crippen LogP contribution in [0.4, 0.5) is 5.13 Å². The largest absolute Gasteiger partial charge is 0.507 e. The summed E-state index contributed by atoms with van der Waals surface area (Å²) in [6, 6.07) is 16.6. The molecule has 3 aromatic carbocycles. The number of thiazole rings is 1. The van der Waals surface area contributed by atoms with Crippen molar-refractivity contribution in [2.24, 2.45) is 5.92 Å². The van der Waals surface area contributed by atoms with E-state index in [9.17, 15) is 14.7 Å². The van der Waals surface area contributed by atoms with Crippen LogP contribution in [-0.2, 0) is 9.59 Å². The lowest BCUT2D eigenvalue weighted by Gasteiger charge is -2.24. The first-order valence-electron chi connectivity index (χ1n) is 15.1. The molecule has 0 saturated carbocycles. The Labute approximate surface area is 267 Å². The highest BCUT2D eigenvalue weighted by Gasteiger charge is 2.48. The molecule has 4 aromatic rings. The average Bonchev–Trinajstić information content (AvgIpc) is 3.57. The molecule has 1 N–H and O–H groups in total. The minimum atomic E-state index is -0.979. The number of anilines is 1. The van der Waals surface area contributed by atoms with Crippen molar-refractivity contribution in [2.45, 2.75) is 46.6 Å². The van der Waals surface area contributed by atoms with Gasteiger partial charge in [0.1, 0.15) is 17.3 Å². The summed E-state index contributed by atoms with van der Waals surface area (Å²) < 4.78 is 23.8. The van der Waals surface area contributed by atoms with Crippen molar-refractivity contribution in [3.8, 4) is 23.0 Å². The van der Waals surface area contributed by atoms with Gasteiger partial charge >= 0.3 is 5.91 Å². The van der Waals surface area contributed by atoms with Crippen molar-refractivity contribution in [3.63, 3.8) is 0 Å². The number of carbonyl (C=O) groups excluding carboxylic acids is 2. The Bertz CT molecular complexity index is 1710. The predicted octanol–water partition coefficient (Wildman–Crippen LogP) is 7.54. The number of aromatic nitrogens is 1. The lowest BCUT2D eigenvalue weighted by molar-refractivity contribution is -0.132. The SMILES string of the molecule is CCCOc1ccc(C(O)=C2C(=O)C(=O)N(c3nc4ccc(OC)cc4s3)C2c2ccc(OCCC(C)C)c(OCC)c2)cc1. The highest BCUT2D eigenvalue weighted by Crippen LogP contribution is 2.46. The summed E-state index contributed by atoms with van der Waals surface area (Å²) in [5.41, 5.74) is 1.56. The van der Waals surface area contributed by atoms with Crippen LogP contribution in [-0.4, -0.2) is 48.7 Å². The standard InChI is InChI=1S/C35H38N2O7S/c1-6-17-43-24-11-8-22(9-12-24)32(38)30-31(23-10-15-27(28(19-23)42-7-2)44-18-16-21(3)4)37(34(40)33(30)39)35-36-26-14-13-25(41-5)20-29(26)45-35/h8-15,19-21,31,38H,6-7,16-18H2,1-5H3. The molecule has 0 radical (unpaired) electrons. The Morgan fingerprint density at radius 3 is 2.38 bits per heavy atom. The summed E-state index contributed by atoms with van der Waals surface area (Å²) in [5, 5.41) is 11.9. The number of hydrogen-bond donors (Lipinski definition) is 1. The summed E-state index contributed by atoms with van der Waals surface area (Å²) in [6.07, 6.45) is 1.73. The number of Topliss-reactive ketones (excluding diaryl/α,β-unsaturated/α-hetero) is 1. The molecule has 9 nitrogen and oxygen atoms in total. The molecule has 0 bridgehead atoms. The Balaban J connectivity index is 1.64. The van der Waals surface area contributed by atoms with Gasteiger partial charge < -0.3 is 24.1 Å². The number of benzene rings is 3. The smallest absolute Gasteiger partial charge is 0.301 e. The first kappa shape index (κ1) is 31.8. The normalized spacial score (nSPS) is 16.0. The van der Waals surface area contributed by atoms with Crippen molar-refractivity contribution in [2.75, 3.05) is 31.8 Å². The van der Waals surface area contributed by atoms with Crippen molar-refractivity contribution in [1.29, 1.82) is 0 Å². The number of nitrogens with zero attached hydrogens (tertiary/aromatic N) is 2. The van der Waals surface area contributed by atoms with Gasteiger partial charge in [-0.05, 0) is 85.8 Å². The number of ketones is 1. The molecule has 1 atom stereocenters. The van der Waals surface area contributed by atoms with Crippen molar-refractivity contribution >= 4 is 44.1 Å². The second-order valence-electron chi connectivity index (χ2n) is 11.0. The molecule has 1 amide bonds. The Kier molecular flexibility index (Phi) is 9.93. The third kappa shape index (κ3) is 6.76. The number of carbonyl (C=O) groups is 2. The summed E-state index contributed by atoms with van der Waals surface area (Å²) >= 11 is 1.26. The third-order valence-electron chi connectivity index (χ3n) is 7.37. The van der Waals surface area contributed by atoms with E-state index in [1.165, 1.54) is 16.2 Å². The number of fused-ring (bicyclic) bond motifs is 1. The van der Waals surface area contributed by atoms with E-state index >= 15 is 0 Å². The monoisotopic (exact) mass is 630 g/mol. The molecule has 1 aliphatic rings. The number of aliphatic hydroxyl groups is 1. The Hall–Kier alpha value is -4.57. The first-order valence-corrected chi connectivity index (χ1v) is 16.0. The highest BCUT2D eigenvalue weighted by molar-refractivity contribution is 7.22. The van der Waals surface area contributed by atoms with Crippen LogP contribution in [0.2, 0.25) is 0 Å². The van der Waals surface area contributed by atoms with Crippen LogP contribution in [0.1, 0.15) is 57.7 Å². The molecule has 0 spiro atoms. The van der Waals surface area contributed by atoms with Gasteiger partial charge in [0.2, 0.25) is 0 Å². The molecule has 10 heteroatoms. The quantitative estimate of drug-likeness (QED) is 0.0917. The van der Waals surface area contributed by atoms with Gasteiger partial charge in [-0.1, -0.05) is 38.2 Å². The van der Waals surface area contributed by atoms with Gasteiger partial charge in [-0.15, -0.1) is 0 Å². The maximum Gasteiger partial charge on any atom is 0.301 e. The number of amides is 1. The van der Waals surface area contributed by atoms with Gasteiger partial charge in [-0.3, -0.25) is 14.5 Å². The molecule has 1 unspecified atom stereocenters. The van der Waals surface area contributed by atoms with Crippen molar-refractivity contribution in [1.82, 2.24) is 4.98 Å². The van der Waals surface area contributed by atoms with E-state index < -0.39 is 17.7 Å². The lowest BCUT2D eigenvalue weighted by atomic mass is 9.95. The van der Waals surface area contributed by atoms with E-state index in [1.54, 1.807) is 61.7 Å². The zero-order valence-electron chi connectivity index (χ0n) is 26.2. The molecular weight excluding hydrogens is 592 g/mol. The molecule has 1 aliphatic heterocycles. The average molecular weight is 631 g/mol. The molecule has 5 rings (SSSR count). The van der Waals surface area contributed by atoms with E-state index in [4.69, 9.17) is 23.9 Å². The van der Waals surface area contributed by atoms with E-state index in [2.05, 4.69) is 13.8 Å². The number of rotatable bonds is 13. The van der Waals surface area contributed by atoms with E-state index in [0.717, 1.165) is 17.5 Å². The zero-order valence-corrected chi connectivity index (χ0v) is 27.0. The topological polar surface area (TPSA) is 107 Å². The number of methoxy groups -OCH3 is 1. The van der Waals surface area contributed by atoms with Crippen LogP contribution in [0.5, 0.6) is 23.0 Å². The molecule has 236 valence electrons. The van der Waals surface area contributed by atoms with E-state index in [0.29, 0.717) is 70.5 Å². The van der Waals surface area contributed by atoms with Gasteiger partial charge in [0.15, 0.2) is 16.6 Å². The summed E-state index contributed by atoms with van der Waals surface area (Å²) in [4.78, 5) is 33.6. The molecular formula is C35H38N2O7S. The molecule has 1 fully saturated rings. The molecule has 0 aliphatic carbocycles. The predicted molar refractivity (Wildman–Crippen MR) is 176 cm³/mol. The molecule has 2 heterocycles. The fourth-order valence-corrected chi connectivity index (χ4v) is 6.06. The highest BCUT2D eigenvalue weighted by atomic mass is 32.1. The van der Waals surface area contributed by atoms with Gasteiger partial charge in [0.05, 0.1) is 48.8 Å². The molecule has 1 saturated heterocycles. The van der Waals surface area contributed by atoms with Gasteiger partial charge in [-0.2, -0.15) is 0 Å². The van der Waals surface area contributed by atoms with Gasteiger partial charge in [0.25, 0.3) is 5.78 Å². The Morgan fingerprint density at radius 2 is 1.69 bits per heavy atom. The van der Waals surface area contributed by atoms with E-state index in [-0.39, 0.29) is 11.3 Å². The van der Waals surface area contributed by atoms with Crippen LogP contribution in [0.15, 0.2) is 66.2 Å². The number of ether oxygens (including phenoxy) is 4. The van der Waals surface area contributed by atoms with Crippen LogP contribution in [0, 0.1) is 5.92 Å². The Morgan fingerprint density at radius 1 is 0.933 bits per heavy atom. The molecule has 1 aromatic heterocycles. The molecule has 45 heavy (non-hydrogen) atoms. The summed E-state index contributed by atoms with van der Waals surface area (Å²) in [6.45, 7) is 9.61. The second-order valence-corrected chi connectivity index (χ2v) is 12.1. The first-order chi connectivity index (χ1) is 21.7. The van der Waals surface area contributed by atoms with Crippen LogP contribution in [0.25, 0.3) is 16.0 Å². The summed E-state index contributed by atoms with van der Waals surface area (Å²) in [5.74, 6) is 0.925. The minimum Gasteiger partial charge on any atom is -0.507 e. The fourth-order valence-electron chi connectivity index (χ4n) is 5.04. The van der Waals surface area contributed by atoms with Crippen molar-refractivity contribution < 1.29 is 33.6 Å². The maximum atomic E-state index is 13.8.